The van der Waals surface area contributed by atoms with Crippen molar-refractivity contribution in [2.75, 3.05) is 0 Å². The Hall–Kier alpha value is -7.48. The summed E-state index contributed by atoms with van der Waals surface area (Å²) in [5.74, 6) is 0. The predicted octanol–water partition coefficient (Wildman–Crippen LogP) is 16.7. The number of hydrogen-bond acceptors (Lipinski definition) is 1. The summed E-state index contributed by atoms with van der Waals surface area (Å²) in [6.07, 6.45) is 0. The Kier molecular flexibility index (Phi) is 6.85. The first-order valence-corrected chi connectivity index (χ1v) is 21.0. The van der Waals surface area contributed by atoms with E-state index in [0.29, 0.717) is 0 Å². The topological polar surface area (TPSA) is 13.1 Å². The van der Waals surface area contributed by atoms with Crippen molar-refractivity contribution in [3.05, 3.63) is 205 Å². The molecule has 1 aliphatic rings. The van der Waals surface area contributed by atoms with Crippen LogP contribution in [0.25, 0.3) is 120 Å². The Morgan fingerprint density at radius 1 is 0.317 bits per heavy atom. The van der Waals surface area contributed by atoms with Gasteiger partial charge in [-0.2, -0.15) is 0 Å². The van der Waals surface area contributed by atoms with Crippen LogP contribution in [0, 0.1) is 0 Å². The van der Waals surface area contributed by atoms with Gasteiger partial charge in [0.1, 0.15) is 11.2 Å². The maximum absolute atomic E-state index is 7.19. The first-order valence-electron chi connectivity index (χ1n) is 21.0. The summed E-state index contributed by atoms with van der Waals surface area (Å²) in [6, 6.07) is 71.8. The van der Waals surface area contributed by atoms with Crippen LogP contribution >= 0.6 is 0 Å². The molecule has 11 aromatic carbocycles. The van der Waals surface area contributed by atoms with Gasteiger partial charge in [0.2, 0.25) is 0 Å². The van der Waals surface area contributed by atoms with Gasteiger partial charge in [-0.25, -0.2) is 0 Å². The lowest BCUT2D eigenvalue weighted by atomic mass is 9.80. The molecule has 0 unspecified atom stereocenters. The van der Waals surface area contributed by atoms with Crippen molar-refractivity contribution >= 4 is 75.8 Å². The molecule has 1 nitrogen and oxygen atoms in total. The minimum atomic E-state index is -0.0824. The van der Waals surface area contributed by atoms with Gasteiger partial charge < -0.3 is 4.42 Å². The Labute approximate surface area is 347 Å². The molecule has 0 fully saturated rings. The Morgan fingerprint density at radius 3 is 1.50 bits per heavy atom. The largest absolute Gasteiger partial charge is 0.455 e. The number of benzene rings is 11. The highest BCUT2D eigenvalue weighted by molar-refractivity contribution is 6.32. The SMILES string of the molecule is CC1(C)c2ccccc2-c2ccc(-c3c4ccccc4c(-c4cccc(-c5c6ccccc6cc6c5oc5c7ccccc7c7ccccc7c65)c4)c4ccccc34)cc21. The van der Waals surface area contributed by atoms with E-state index in [-0.39, 0.29) is 5.41 Å². The summed E-state index contributed by atoms with van der Waals surface area (Å²) in [4.78, 5) is 0. The van der Waals surface area contributed by atoms with Crippen LogP contribution in [-0.4, -0.2) is 0 Å². The highest BCUT2D eigenvalue weighted by atomic mass is 16.3. The van der Waals surface area contributed by atoms with Crippen molar-refractivity contribution < 1.29 is 4.42 Å². The van der Waals surface area contributed by atoms with Gasteiger partial charge in [0.05, 0.1) is 0 Å². The third-order valence-corrected chi connectivity index (χ3v) is 13.6. The predicted molar refractivity (Wildman–Crippen MR) is 255 cm³/mol. The summed E-state index contributed by atoms with van der Waals surface area (Å²) in [6.45, 7) is 4.74. The van der Waals surface area contributed by atoms with Crippen LogP contribution in [0.3, 0.4) is 0 Å². The summed E-state index contributed by atoms with van der Waals surface area (Å²) in [5.41, 5.74) is 14.5. The van der Waals surface area contributed by atoms with E-state index >= 15 is 0 Å². The summed E-state index contributed by atoms with van der Waals surface area (Å²) in [5, 5.41) is 14.5. The van der Waals surface area contributed by atoms with E-state index in [1.807, 2.05) is 0 Å². The second-order valence-electron chi connectivity index (χ2n) is 17.1. The third-order valence-electron chi connectivity index (χ3n) is 13.6. The van der Waals surface area contributed by atoms with Gasteiger partial charge in [0.25, 0.3) is 0 Å². The quantitative estimate of drug-likeness (QED) is 0.129. The van der Waals surface area contributed by atoms with E-state index in [4.69, 9.17) is 4.42 Å². The fourth-order valence-corrected chi connectivity index (χ4v) is 10.9. The van der Waals surface area contributed by atoms with Gasteiger partial charge in [0.15, 0.2) is 0 Å². The first-order chi connectivity index (χ1) is 29.5. The standard InChI is InChI=1S/C59H38O/c1-59(2)51-29-14-13-22-42(51)43-31-30-38(34-52(43)59)54-47-26-10-8-24-45(47)53(46-25-9-11-27-48(46)54)36-17-15-18-37(32-36)55-39-19-4-3-16-35(39)33-50-56-44-23-7-5-20-40(44)41-21-6-12-28-49(41)57(56)60-58(50)55/h3-34H,1-2H3. The van der Waals surface area contributed by atoms with Crippen LogP contribution in [0.2, 0.25) is 0 Å². The molecule has 1 heteroatoms. The van der Waals surface area contributed by atoms with Crippen LogP contribution in [-0.2, 0) is 5.41 Å². The lowest BCUT2D eigenvalue weighted by Crippen LogP contribution is -2.14. The van der Waals surface area contributed by atoms with Gasteiger partial charge >= 0.3 is 0 Å². The molecule has 280 valence electrons. The molecule has 0 spiro atoms. The maximum Gasteiger partial charge on any atom is 0.143 e. The zero-order valence-corrected chi connectivity index (χ0v) is 33.4. The molecule has 0 radical (unpaired) electrons. The molecule has 1 heterocycles. The Morgan fingerprint density at radius 2 is 0.817 bits per heavy atom. The number of furan rings is 1. The fourth-order valence-electron chi connectivity index (χ4n) is 10.9. The molecule has 0 N–H and O–H groups in total. The minimum absolute atomic E-state index is 0.0824. The van der Waals surface area contributed by atoms with E-state index in [0.717, 1.165) is 33.1 Å². The van der Waals surface area contributed by atoms with Gasteiger partial charge in [0, 0.05) is 27.1 Å². The van der Waals surface area contributed by atoms with Crippen molar-refractivity contribution in [3.63, 3.8) is 0 Å². The average molecular weight is 763 g/mol. The van der Waals surface area contributed by atoms with Gasteiger partial charge in [-0.15, -0.1) is 0 Å². The van der Waals surface area contributed by atoms with Crippen LogP contribution < -0.4 is 0 Å². The highest BCUT2D eigenvalue weighted by Gasteiger charge is 2.35. The molecule has 0 amide bonds. The second kappa shape index (κ2) is 12.3. The van der Waals surface area contributed by atoms with E-state index in [2.05, 4.69) is 208 Å². The van der Waals surface area contributed by atoms with Crippen molar-refractivity contribution in [3.8, 4) is 44.5 Å². The molecule has 0 bridgehead atoms. The molecule has 0 aliphatic heterocycles. The van der Waals surface area contributed by atoms with Crippen molar-refractivity contribution in [2.45, 2.75) is 19.3 Å². The van der Waals surface area contributed by atoms with E-state index in [9.17, 15) is 0 Å². The van der Waals surface area contributed by atoms with Crippen LogP contribution in [0.15, 0.2) is 199 Å². The fraction of sp³-hybridized carbons (Fsp3) is 0.0508. The van der Waals surface area contributed by atoms with E-state index < -0.39 is 0 Å². The zero-order valence-electron chi connectivity index (χ0n) is 33.4. The monoisotopic (exact) mass is 762 g/mol. The summed E-state index contributed by atoms with van der Waals surface area (Å²) >= 11 is 0. The molecule has 0 saturated heterocycles. The second-order valence-corrected chi connectivity index (χ2v) is 17.1. The number of fused-ring (bicyclic) bond motifs is 14. The third kappa shape index (κ3) is 4.52. The highest BCUT2D eigenvalue weighted by Crippen LogP contribution is 2.52. The van der Waals surface area contributed by atoms with Crippen molar-refractivity contribution in [2.24, 2.45) is 0 Å². The Bertz CT molecular complexity index is 3750. The van der Waals surface area contributed by atoms with Gasteiger partial charge in [-0.05, 0) is 117 Å². The molecule has 12 aromatic rings. The molecular weight excluding hydrogens is 725 g/mol. The minimum Gasteiger partial charge on any atom is -0.455 e. The molecule has 60 heavy (non-hydrogen) atoms. The summed E-state index contributed by atoms with van der Waals surface area (Å²) in [7, 11) is 0. The van der Waals surface area contributed by atoms with Crippen LogP contribution in [0.1, 0.15) is 25.0 Å². The molecule has 0 saturated carbocycles. The molecular formula is C59H38O. The first kappa shape index (κ1) is 33.5. The normalized spacial score (nSPS) is 13.3. The molecule has 13 rings (SSSR count). The maximum atomic E-state index is 7.19. The van der Waals surface area contributed by atoms with Crippen LogP contribution in [0.5, 0.6) is 0 Å². The summed E-state index contributed by atoms with van der Waals surface area (Å²) < 4.78 is 7.19. The molecule has 1 aromatic heterocycles. The molecule has 0 atom stereocenters. The van der Waals surface area contributed by atoms with Crippen LogP contribution in [0.4, 0.5) is 0 Å². The smallest absolute Gasteiger partial charge is 0.143 e. The Balaban J connectivity index is 1.07. The molecule has 1 aliphatic carbocycles. The van der Waals surface area contributed by atoms with E-state index in [1.165, 1.54) is 98.4 Å². The number of hydrogen-bond donors (Lipinski definition) is 0. The van der Waals surface area contributed by atoms with Gasteiger partial charge in [-0.3, -0.25) is 0 Å². The lowest BCUT2D eigenvalue weighted by Gasteiger charge is -2.23. The lowest BCUT2D eigenvalue weighted by molar-refractivity contribution is 0.660. The zero-order chi connectivity index (χ0) is 39.7. The van der Waals surface area contributed by atoms with E-state index in [1.54, 1.807) is 0 Å². The van der Waals surface area contributed by atoms with Gasteiger partial charge in [-0.1, -0.05) is 190 Å². The average Bonchev–Trinajstić information content (AvgIpc) is 3.79. The number of rotatable bonds is 3. The van der Waals surface area contributed by atoms with Crippen molar-refractivity contribution in [1.82, 2.24) is 0 Å². The van der Waals surface area contributed by atoms with Crippen molar-refractivity contribution in [1.29, 1.82) is 0 Å².